The SMILES string of the molecule is CC1CC(CN)CN1C(=O)C1(c2cccc(F)c2)CC1. The van der Waals surface area contributed by atoms with Crippen molar-refractivity contribution in [2.45, 2.75) is 37.6 Å². The molecule has 1 aliphatic carbocycles. The number of hydrogen-bond acceptors (Lipinski definition) is 2. The number of rotatable bonds is 3. The molecule has 108 valence electrons. The lowest BCUT2D eigenvalue weighted by molar-refractivity contribution is -0.134. The van der Waals surface area contributed by atoms with Crippen LogP contribution in [0.4, 0.5) is 4.39 Å². The van der Waals surface area contributed by atoms with Gasteiger partial charge in [0.15, 0.2) is 0 Å². The summed E-state index contributed by atoms with van der Waals surface area (Å²) in [4.78, 5) is 14.8. The quantitative estimate of drug-likeness (QED) is 0.918. The Morgan fingerprint density at radius 2 is 2.25 bits per heavy atom. The van der Waals surface area contributed by atoms with Crippen molar-refractivity contribution in [2.24, 2.45) is 11.7 Å². The normalized spacial score (nSPS) is 27.6. The zero-order chi connectivity index (χ0) is 14.3. The number of halogens is 1. The van der Waals surface area contributed by atoms with Crippen LogP contribution in [0.1, 0.15) is 31.7 Å². The molecule has 1 aromatic carbocycles. The van der Waals surface area contributed by atoms with E-state index in [2.05, 4.69) is 6.92 Å². The van der Waals surface area contributed by atoms with Crippen LogP contribution in [-0.2, 0) is 10.2 Å². The van der Waals surface area contributed by atoms with Gasteiger partial charge in [0.1, 0.15) is 5.82 Å². The topological polar surface area (TPSA) is 46.3 Å². The van der Waals surface area contributed by atoms with Crippen LogP contribution in [-0.4, -0.2) is 29.9 Å². The Morgan fingerprint density at radius 1 is 1.50 bits per heavy atom. The molecule has 2 aliphatic rings. The Kier molecular flexibility index (Phi) is 3.28. The van der Waals surface area contributed by atoms with E-state index >= 15 is 0 Å². The van der Waals surface area contributed by atoms with E-state index in [1.807, 2.05) is 11.0 Å². The zero-order valence-electron chi connectivity index (χ0n) is 11.8. The molecule has 0 spiro atoms. The number of nitrogens with zero attached hydrogens (tertiary/aromatic N) is 1. The first-order valence-corrected chi connectivity index (χ1v) is 7.34. The van der Waals surface area contributed by atoms with Crippen molar-refractivity contribution >= 4 is 5.91 Å². The molecule has 2 atom stereocenters. The molecule has 1 aromatic rings. The number of nitrogens with two attached hydrogens (primary N) is 1. The molecule has 1 aliphatic heterocycles. The highest BCUT2D eigenvalue weighted by Crippen LogP contribution is 2.50. The molecule has 4 heteroatoms. The average molecular weight is 276 g/mol. The average Bonchev–Trinajstić information content (AvgIpc) is 3.16. The third-order valence-corrected chi connectivity index (χ3v) is 4.79. The first kappa shape index (κ1) is 13.6. The first-order chi connectivity index (χ1) is 9.56. The van der Waals surface area contributed by atoms with Gasteiger partial charge in [-0.1, -0.05) is 12.1 Å². The fourth-order valence-electron chi connectivity index (χ4n) is 3.41. The Bertz CT molecular complexity index is 527. The predicted molar refractivity (Wildman–Crippen MR) is 75.6 cm³/mol. The molecule has 0 aromatic heterocycles. The van der Waals surface area contributed by atoms with E-state index < -0.39 is 5.41 Å². The van der Waals surface area contributed by atoms with Crippen LogP contribution in [0.15, 0.2) is 24.3 Å². The highest BCUT2D eigenvalue weighted by Gasteiger charge is 2.54. The summed E-state index contributed by atoms with van der Waals surface area (Å²) in [6.45, 7) is 3.45. The van der Waals surface area contributed by atoms with Gasteiger partial charge in [-0.25, -0.2) is 4.39 Å². The zero-order valence-corrected chi connectivity index (χ0v) is 11.8. The molecule has 0 bridgehead atoms. The van der Waals surface area contributed by atoms with Crippen molar-refractivity contribution in [3.05, 3.63) is 35.6 Å². The summed E-state index contributed by atoms with van der Waals surface area (Å²) < 4.78 is 13.4. The molecule has 20 heavy (non-hydrogen) atoms. The van der Waals surface area contributed by atoms with Crippen LogP contribution in [0.25, 0.3) is 0 Å². The Labute approximate surface area is 118 Å². The highest BCUT2D eigenvalue weighted by molar-refractivity contribution is 5.91. The van der Waals surface area contributed by atoms with E-state index in [9.17, 15) is 9.18 Å². The molecule has 2 fully saturated rings. The maximum atomic E-state index is 13.4. The predicted octanol–water partition coefficient (Wildman–Crippen LogP) is 2.05. The first-order valence-electron chi connectivity index (χ1n) is 7.34. The van der Waals surface area contributed by atoms with E-state index in [4.69, 9.17) is 5.73 Å². The molecule has 2 N–H and O–H groups in total. The maximum absolute atomic E-state index is 13.4. The third-order valence-electron chi connectivity index (χ3n) is 4.79. The standard InChI is InChI=1S/C16H21FN2O/c1-11-7-12(9-18)10-19(11)15(20)16(5-6-16)13-3-2-4-14(17)8-13/h2-4,8,11-12H,5-7,9-10,18H2,1H3. The summed E-state index contributed by atoms with van der Waals surface area (Å²) in [5.74, 6) is 0.291. The fourth-order valence-corrected chi connectivity index (χ4v) is 3.41. The summed E-state index contributed by atoms with van der Waals surface area (Å²) in [7, 11) is 0. The molecular weight excluding hydrogens is 255 g/mol. The second kappa shape index (κ2) is 4.85. The molecular formula is C16H21FN2O. The monoisotopic (exact) mass is 276 g/mol. The molecule has 2 unspecified atom stereocenters. The summed E-state index contributed by atoms with van der Waals surface area (Å²) >= 11 is 0. The minimum absolute atomic E-state index is 0.159. The molecule has 1 amide bonds. The Balaban J connectivity index is 1.84. The van der Waals surface area contributed by atoms with Crippen molar-refractivity contribution < 1.29 is 9.18 Å². The largest absolute Gasteiger partial charge is 0.339 e. The van der Waals surface area contributed by atoms with Crippen molar-refractivity contribution in [1.29, 1.82) is 0 Å². The van der Waals surface area contributed by atoms with Gasteiger partial charge in [0.2, 0.25) is 5.91 Å². The van der Waals surface area contributed by atoms with Gasteiger partial charge in [-0.15, -0.1) is 0 Å². The van der Waals surface area contributed by atoms with E-state index in [0.717, 1.165) is 31.4 Å². The van der Waals surface area contributed by atoms with E-state index in [-0.39, 0.29) is 17.8 Å². The van der Waals surface area contributed by atoms with Gasteiger partial charge in [-0.3, -0.25) is 4.79 Å². The van der Waals surface area contributed by atoms with Crippen LogP contribution in [0.3, 0.4) is 0 Å². The summed E-state index contributed by atoms with van der Waals surface area (Å²) in [5.41, 5.74) is 6.08. The van der Waals surface area contributed by atoms with Crippen molar-refractivity contribution in [1.82, 2.24) is 4.90 Å². The lowest BCUT2D eigenvalue weighted by Crippen LogP contribution is -2.41. The number of carbonyl (C=O) groups excluding carboxylic acids is 1. The van der Waals surface area contributed by atoms with Gasteiger partial charge >= 0.3 is 0 Å². The summed E-state index contributed by atoms with van der Waals surface area (Å²) in [6, 6.07) is 6.73. The molecule has 0 radical (unpaired) electrons. The van der Waals surface area contributed by atoms with E-state index in [1.165, 1.54) is 12.1 Å². The number of amides is 1. The smallest absolute Gasteiger partial charge is 0.233 e. The number of carbonyl (C=O) groups is 1. The van der Waals surface area contributed by atoms with Crippen LogP contribution < -0.4 is 5.73 Å². The number of likely N-dealkylation sites (tertiary alicyclic amines) is 1. The molecule has 1 heterocycles. The van der Waals surface area contributed by atoms with Gasteiger partial charge < -0.3 is 10.6 Å². The molecule has 1 saturated carbocycles. The van der Waals surface area contributed by atoms with Gasteiger partial charge in [0, 0.05) is 12.6 Å². The van der Waals surface area contributed by atoms with Gasteiger partial charge in [-0.05, 0) is 56.3 Å². The second-order valence-corrected chi connectivity index (χ2v) is 6.24. The molecule has 1 saturated heterocycles. The lowest BCUT2D eigenvalue weighted by atomic mass is 9.94. The van der Waals surface area contributed by atoms with Crippen molar-refractivity contribution in [3.8, 4) is 0 Å². The Morgan fingerprint density at radius 3 is 2.80 bits per heavy atom. The minimum atomic E-state index is -0.472. The van der Waals surface area contributed by atoms with Crippen molar-refractivity contribution in [2.75, 3.05) is 13.1 Å². The molecule has 3 nitrogen and oxygen atoms in total. The van der Waals surface area contributed by atoms with Crippen LogP contribution >= 0.6 is 0 Å². The fraction of sp³-hybridized carbons (Fsp3) is 0.562. The van der Waals surface area contributed by atoms with Crippen LogP contribution in [0.2, 0.25) is 0 Å². The minimum Gasteiger partial charge on any atom is -0.339 e. The van der Waals surface area contributed by atoms with Gasteiger partial charge in [0.05, 0.1) is 5.41 Å². The van der Waals surface area contributed by atoms with Crippen LogP contribution in [0.5, 0.6) is 0 Å². The Hall–Kier alpha value is -1.42. The highest BCUT2D eigenvalue weighted by atomic mass is 19.1. The van der Waals surface area contributed by atoms with Gasteiger partial charge in [0.25, 0.3) is 0 Å². The van der Waals surface area contributed by atoms with E-state index in [1.54, 1.807) is 6.07 Å². The second-order valence-electron chi connectivity index (χ2n) is 6.24. The van der Waals surface area contributed by atoms with Crippen molar-refractivity contribution in [3.63, 3.8) is 0 Å². The lowest BCUT2D eigenvalue weighted by Gasteiger charge is -2.27. The van der Waals surface area contributed by atoms with Crippen LogP contribution in [0, 0.1) is 11.7 Å². The number of benzene rings is 1. The summed E-state index contributed by atoms with van der Waals surface area (Å²) in [5, 5.41) is 0. The summed E-state index contributed by atoms with van der Waals surface area (Å²) in [6.07, 6.45) is 2.62. The number of hydrogen-bond donors (Lipinski definition) is 1. The van der Waals surface area contributed by atoms with Gasteiger partial charge in [-0.2, -0.15) is 0 Å². The van der Waals surface area contributed by atoms with E-state index in [0.29, 0.717) is 12.5 Å². The molecule has 3 rings (SSSR count). The third kappa shape index (κ3) is 2.12. The maximum Gasteiger partial charge on any atom is 0.233 e.